The number of carbonyl (C=O) groups is 5. The van der Waals surface area contributed by atoms with Gasteiger partial charge < -0.3 is 24.0 Å². The molecule has 234 valence electrons. The van der Waals surface area contributed by atoms with Crippen LogP contribution in [-0.4, -0.2) is 70.5 Å². The highest BCUT2D eigenvalue weighted by molar-refractivity contribution is 6.31. The highest BCUT2D eigenvalue weighted by Crippen LogP contribution is 2.33. The van der Waals surface area contributed by atoms with Gasteiger partial charge in [-0.25, -0.2) is 9.59 Å². The van der Waals surface area contributed by atoms with Crippen LogP contribution in [0.4, 0.5) is 15.3 Å². The molecule has 5 amide bonds. The zero-order valence-electron chi connectivity index (χ0n) is 25.0. The summed E-state index contributed by atoms with van der Waals surface area (Å²) in [5.74, 6) is -0.649. The molecule has 2 atom stereocenters. The maximum absolute atomic E-state index is 13.1. The third-order valence-electron chi connectivity index (χ3n) is 7.60. The molecule has 44 heavy (non-hydrogen) atoms. The number of likely N-dealkylation sites (tertiary alicyclic amines) is 1. The molecule has 2 N–H and O–H groups in total. The van der Waals surface area contributed by atoms with Crippen LogP contribution in [-0.2, 0) is 32.2 Å². The van der Waals surface area contributed by atoms with Gasteiger partial charge >= 0.3 is 12.2 Å². The molecule has 0 radical (unpaired) electrons. The van der Waals surface area contributed by atoms with Crippen molar-refractivity contribution in [1.29, 1.82) is 0 Å². The monoisotopic (exact) mass is 626 g/mol. The lowest BCUT2D eigenvalue weighted by Gasteiger charge is -2.29. The zero-order chi connectivity index (χ0) is 31.8. The molecule has 3 heterocycles. The van der Waals surface area contributed by atoms with Crippen LogP contribution in [0.15, 0.2) is 30.3 Å². The number of rotatable bonds is 6. The standard InChI is InChI=1S/C31H35ClN4O8/c1-17-23(32)12-20(13-25(17)43-21-9-10-35(15-21)30(41)44-31(2,3)4)33-29(40)42-16-18-5-6-19-14-36(28(39)22(19)11-18)24-7-8-26(37)34-27(24)38/h5-6,11-13,21,24H,7-10,14-16H2,1-4H3,(H,33,40)(H,34,37,38). The van der Waals surface area contributed by atoms with Crippen molar-refractivity contribution in [3.63, 3.8) is 0 Å². The highest BCUT2D eigenvalue weighted by Gasteiger charge is 2.39. The average molecular weight is 627 g/mol. The van der Waals surface area contributed by atoms with Gasteiger partial charge in [0.25, 0.3) is 5.91 Å². The number of hydrogen-bond acceptors (Lipinski definition) is 8. The number of carbonyl (C=O) groups excluding carboxylic acids is 5. The number of fused-ring (bicyclic) bond motifs is 1. The van der Waals surface area contributed by atoms with Crippen LogP contribution in [0.5, 0.6) is 5.75 Å². The van der Waals surface area contributed by atoms with Crippen LogP contribution in [0.3, 0.4) is 0 Å². The summed E-state index contributed by atoms with van der Waals surface area (Å²) in [5.41, 5.74) is 2.25. The van der Waals surface area contributed by atoms with Gasteiger partial charge in [0, 0.05) is 53.8 Å². The molecular weight excluding hydrogens is 592 g/mol. The Morgan fingerprint density at radius 3 is 2.61 bits per heavy atom. The molecule has 3 aliphatic rings. The molecular formula is C31H35ClN4O8. The third kappa shape index (κ3) is 7.07. The topological polar surface area (TPSA) is 144 Å². The van der Waals surface area contributed by atoms with E-state index in [2.05, 4.69) is 10.6 Å². The van der Waals surface area contributed by atoms with Crippen LogP contribution in [0, 0.1) is 6.92 Å². The van der Waals surface area contributed by atoms with Crippen molar-refractivity contribution in [2.75, 3.05) is 18.4 Å². The first kappa shape index (κ1) is 31.1. The van der Waals surface area contributed by atoms with Crippen molar-refractivity contribution in [1.82, 2.24) is 15.1 Å². The van der Waals surface area contributed by atoms with Gasteiger partial charge in [0.2, 0.25) is 11.8 Å². The van der Waals surface area contributed by atoms with Crippen LogP contribution in [0.2, 0.25) is 5.02 Å². The van der Waals surface area contributed by atoms with E-state index in [1.165, 1.54) is 4.90 Å². The van der Waals surface area contributed by atoms with Crippen molar-refractivity contribution in [3.8, 4) is 5.75 Å². The van der Waals surface area contributed by atoms with Gasteiger partial charge in [0.15, 0.2) is 0 Å². The molecule has 0 bridgehead atoms. The first-order chi connectivity index (χ1) is 20.8. The Kier molecular flexibility index (Phi) is 8.73. The maximum atomic E-state index is 13.1. The number of imide groups is 1. The largest absolute Gasteiger partial charge is 0.488 e. The lowest BCUT2D eigenvalue weighted by Crippen LogP contribution is -2.52. The van der Waals surface area contributed by atoms with E-state index in [9.17, 15) is 24.0 Å². The van der Waals surface area contributed by atoms with Gasteiger partial charge in [-0.3, -0.25) is 25.0 Å². The molecule has 3 aliphatic heterocycles. The number of hydrogen-bond donors (Lipinski definition) is 2. The Morgan fingerprint density at radius 1 is 1.11 bits per heavy atom. The Morgan fingerprint density at radius 2 is 1.89 bits per heavy atom. The summed E-state index contributed by atoms with van der Waals surface area (Å²) in [5, 5.41) is 5.33. The number of amides is 5. The predicted molar refractivity (Wildman–Crippen MR) is 159 cm³/mol. The van der Waals surface area contributed by atoms with Crippen molar-refractivity contribution in [3.05, 3.63) is 57.6 Å². The molecule has 0 aliphatic carbocycles. The first-order valence-corrected chi connectivity index (χ1v) is 14.8. The van der Waals surface area contributed by atoms with Crippen LogP contribution < -0.4 is 15.4 Å². The van der Waals surface area contributed by atoms with Crippen LogP contribution >= 0.6 is 11.6 Å². The Bertz CT molecular complexity index is 1520. The van der Waals surface area contributed by atoms with Crippen molar-refractivity contribution in [2.45, 2.75) is 77.9 Å². The van der Waals surface area contributed by atoms with Gasteiger partial charge in [-0.15, -0.1) is 0 Å². The quantitative estimate of drug-likeness (QED) is 0.445. The van der Waals surface area contributed by atoms with Gasteiger partial charge in [-0.05, 0) is 57.4 Å². The number of benzene rings is 2. The third-order valence-corrected chi connectivity index (χ3v) is 7.99. The normalized spacial score (nSPS) is 19.9. The minimum absolute atomic E-state index is 0.101. The van der Waals surface area contributed by atoms with E-state index in [0.717, 1.165) is 5.56 Å². The van der Waals surface area contributed by atoms with Gasteiger partial charge in [-0.1, -0.05) is 23.7 Å². The fraction of sp³-hybridized carbons (Fsp3) is 0.452. The molecule has 0 saturated carbocycles. The van der Waals surface area contributed by atoms with Crippen molar-refractivity contribution < 1.29 is 38.2 Å². The average Bonchev–Trinajstić information content (AvgIpc) is 3.54. The van der Waals surface area contributed by atoms with E-state index < -0.39 is 29.7 Å². The van der Waals surface area contributed by atoms with E-state index in [0.29, 0.717) is 52.7 Å². The van der Waals surface area contributed by atoms with E-state index in [1.54, 1.807) is 42.2 Å². The van der Waals surface area contributed by atoms with Gasteiger partial charge in [-0.2, -0.15) is 0 Å². The minimum atomic E-state index is -0.732. The molecule has 12 nitrogen and oxygen atoms in total. The summed E-state index contributed by atoms with van der Waals surface area (Å²) in [6.07, 6.45) is -0.321. The van der Waals surface area contributed by atoms with Crippen molar-refractivity contribution in [2.24, 2.45) is 0 Å². The smallest absolute Gasteiger partial charge is 0.411 e. The second kappa shape index (κ2) is 12.4. The summed E-state index contributed by atoms with van der Waals surface area (Å²) in [4.78, 5) is 65.0. The summed E-state index contributed by atoms with van der Waals surface area (Å²) >= 11 is 6.43. The summed E-state index contributed by atoms with van der Waals surface area (Å²) in [7, 11) is 0. The van der Waals surface area contributed by atoms with Gasteiger partial charge in [0.05, 0.1) is 6.54 Å². The second-order valence-electron chi connectivity index (χ2n) is 12.1. The fourth-order valence-corrected chi connectivity index (χ4v) is 5.55. The molecule has 2 saturated heterocycles. The Balaban J connectivity index is 1.16. The molecule has 2 fully saturated rings. The Labute approximate surface area is 259 Å². The number of ether oxygens (including phenoxy) is 3. The molecule has 13 heteroatoms. The number of anilines is 1. The minimum Gasteiger partial charge on any atom is -0.488 e. The molecule has 2 unspecified atom stereocenters. The van der Waals surface area contributed by atoms with E-state index >= 15 is 0 Å². The lowest BCUT2D eigenvalue weighted by molar-refractivity contribution is -0.136. The summed E-state index contributed by atoms with van der Waals surface area (Å²) in [6.45, 7) is 8.27. The predicted octanol–water partition coefficient (Wildman–Crippen LogP) is 4.55. The number of piperidine rings is 1. The van der Waals surface area contributed by atoms with E-state index in [1.807, 2.05) is 20.8 Å². The van der Waals surface area contributed by atoms with Crippen LogP contribution in [0.1, 0.15) is 67.1 Å². The number of halogens is 1. The SMILES string of the molecule is Cc1c(Cl)cc(NC(=O)OCc2ccc3c(c2)C(=O)N(C2CCC(=O)NC2=O)C3)cc1OC1CCN(C(=O)OC(C)(C)C)C1. The number of nitrogens with zero attached hydrogens (tertiary/aromatic N) is 2. The molecule has 5 rings (SSSR count). The number of nitrogens with one attached hydrogen (secondary N) is 2. The summed E-state index contributed by atoms with van der Waals surface area (Å²) in [6, 6.07) is 7.70. The van der Waals surface area contributed by atoms with Gasteiger partial charge in [0.1, 0.15) is 30.1 Å². The molecule has 0 aromatic heterocycles. The lowest BCUT2D eigenvalue weighted by atomic mass is 10.0. The fourth-order valence-electron chi connectivity index (χ4n) is 5.34. The maximum Gasteiger partial charge on any atom is 0.411 e. The van der Waals surface area contributed by atoms with Crippen LogP contribution in [0.25, 0.3) is 0 Å². The Hall–Kier alpha value is -4.32. The molecule has 2 aromatic carbocycles. The highest BCUT2D eigenvalue weighted by atomic mass is 35.5. The zero-order valence-corrected chi connectivity index (χ0v) is 25.8. The molecule has 2 aromatic rings. The van der Waals surface area contributed by atoms with E-state index in [-0.39, 0.29) is 43.9 Å². The first-order valence-electron chi connectivity index (χ1n) is 14.4. The molecule has 0 spiro atoms. The second-order valence-corrected chi connectivity index (χ2v) is 12.5. The summed E-state index contributed by atoms with van der Waals surface area (Å²) < 4.78 is 17.0. The van der Waals surface area contributed by atoms with E-state index in [4.69, 9.17) is 25.8 Å². The van der Waals surface area contributed by atoms with Crippen molar-refractivity contribution >= 4 is 47.2 Å².